The number of pyridine rings is 2. The minimum atomic E-state index is -0.567. The highest BCUT2D eigenvalue weighted by atomic mass is 16.6. The lowest BCUT2D eigenvalue weighted by Crippen LogP contribution is -2.50. The predicted molar refractivity (Wildman–Crippen MR) is 155 cm³/mol. The van der Waals surface area contributed by atoms with Crippen LogP contribution >= 0.6 is 0 Å². The summed E-state index contributed by atoms with van der Waals surface area (Å²) in [6.45, 7) is 7.81. The Kier molecular flexibility index (Phi) is 7.79. The summed E-state index contributed by atoms with van der Waals surface area (Å²) in [6.07, 6.45) is 2.86. The number of esters is 1. The molecule has 1 N–H and O–H groups in total. The number of carbonyl (C=O) groups is 4. The van der Waals surface area contributed by atoms with Crippen molar-refractivity contribution < 1.29 is 28.7 Å². The molecule has 0 saturated carbocycles. The number of benzene rings is 1. The first-order valence-electron chi connectivity index (χ1n) is 13.5. The van der Waals surface area contributed by atoms with E-state index in [9.17, 15) is 19.2 Å². The molecule has 0 atom stereocenters. The van der Waals surface area contributed by atoms with Crippen LogP contribution in [-0.2, 0) is 16.0 Å². The van der Waals surface area contributed by atoms with E-state index in [-0.39, 0.29) is 29.8 Å². The number of rotatable bonds is 5. The molecule has 218 valence electrons. The van der Waals surface area contributed by atoms with Gasteiger partial charge in [0.2, 0.25) is 0 Å². The number of nitrogens with zero attached hydrogens (tertiary/aromatic N) is 5. The van der Waals surface area contributed by atoms with Crippen LogP contribution in [0.4, 0.5) is 22.0 Å². The van der Waals surface area contributed by atoms with Gasteiger partial charge in [0, 0.05) is 37.9 Å². The van der Waals surface area contributed by atoms with E-state index in [0.717, 1.165) is 11.3 Å². The Morgan fingerprint density at radius 1 is 1.00 bits per heavy atom. The molecule has 0 spiro atoms. The van der Waals surface area contributed by atoms with Crippen LogP contribution in [0.2, 0.25) is 0 Å². The lowest BCUT2D eigenvalue weighted by Gasteiger charge is -2.37. The molecule has 3 amide bonds. The third-order valence-electron chi connectivity index (χ3n) is 6.90. The van der Waals surface area contributed by atoms with Gasteiger partial charge in [0.25, 0.3) is 11.8 Å². The van der Waals surface area contributed by atoms with Crippen molar-refractivity contribution in [2.24, 2.45) is 0 Å². The first-order valence-corrected chi connectivity index (χ1v) is 13.5. The maximum absolute atomic E-state index is 13.3. The van der Waals surface area contributed by atoms with Gasteiger partial charge in [-0.25, -0.2) is 14.6 Å². The fraction of sp³-hybridized carbons (Fsp3) is 0.333. The van der Waals surface area contributed by atoms with Gasteiger partial charge in [-0.2, -0.15) is 0 Å². The highest BCUT2D eigenvalue weighted by Crippen LogP contribution is 2.29. The molecule has 0 radical (unpaired) electrons. The third kappa shape index (κ3) is 6.02. The summed E-state index contributed by atoms with van der Waals surface area (Å²) in [5, 5.41) is 2.90. The van der Waals surface area contributed by atoms with Crippen molar-refractivity contribution in [2.75, 3.05) is 48.4 Å². The van der Waals surface area contributed by atoms with Crippen LogP contribution in [0.25, 0.3) is 0 Å². The van der Waals surface area contributed by atoms with Crippen LogP contribution in [0.15, 0.2) is 54.9 Å². The zero-order valence-electron chi connectivity index (χ0n) is 23.9. The number of aromatic nitrogens is 2. The van der Waals surface area contributed by atoms with Crippen molar-refractivity contribution in [3.8, 4) is 0 Å². The number of ether oxygens (including phenoxy) is 2. The molecule has 0 bridgehead atoms. The molecule has 1 saturated heterocycles. The standard InChI is InChI=1S/C30H32N6O6/c1-30(2,3)42-29(40)35-14-12-34(13-15-35)24-10-11-31-17-23(24)33-26(37)22-6-5-7-25(32-22)36-18-20-9-8-19(28(39)41-4)16-21(20)27(36)38/h5-11,16-17H,12-15,18H2,1-4H3,(H,33,37). The number of piperazine rings is 1. The zero-order valence-corrected chi connectivity index (χ0v) is 23.9. The number of methoxy groups -OCH3 is 1. The fourth-order valence-electron chi connectivity index (χ4n) is 4.83. The second-order valence-corrected chi connectivity index (χ2v) is 10.9. The summed E-state index contributed by atoms with van der Waals surface area (Å²) in [5.41, 5.74) is 2.24. The minimum absolute atomic E-state index is 0.121. The van der Waals surface area contributed by atoms with Gasteiger partial charge < -0.3 is 24.6 Å². The molecule has 1 fully saturated rings. The zero-order chi connectivity index (χ0) is 30.0. The van der Waals surface area contributed by atoms with Gasteiger partial charge in [0.15, 0.2) is 0 Å². The lowest BCUT2D eigenvalue weighted by atomic mass is 10.1. The first-order chi connectivity index (χ1) is 20.0. The quantitative estimate of drug-likeness (QED) is 0.454. The Hall–Kier alpha value is -5.00. The molecule has 12 heteroatoms. The second-order valence-electron chi connectivity index (χ2n) is 10.9. The maximum atomic E-state index is 13.3. The van der Waals surface area contributed by atoms with Gasteiger partial charge >= 0.3 is 12.1 Å². The van der Waals surface area contributed by atoms with Crippen LogP contribution < -0.4 is 15.1 Å². The summed E-state index contributed by atoms with van der Waals surface area (Å²) >= 11 is 0. The molecular weight excluding hydrogens is 540 g/mol. The van der Waals surface area contributed by atoms with E-state index >= 15 is 0 Å². The average Bonchev–Trinajstić information content (AvgIpc) is 3.31. The Morgan fingerprint density at radius 2 is 1.76 bits per heavy atom. The van der Waals surface area contributed by atoms with Crippen molar-refractivity contribution in [2.45, 2.75) is 32.9 Å². The van der Waals surface area contributed by atoms with Crippen molar-refractivity contribution >= 4 is 41.1 Å². The van der Waals surface area contributed by atoms with Crippen LogP contribution in [0.1, 0.15) is 57.5 Å². The number of hydrogen-bond donors (Lipinski definition) is 1. The van der Waals surface area contributed by atoms with E-state index in [2.05, 4.69) is 20.2 Å². The monoisotopic (exact) mass is 572 g/mol. The molecule has 0 aliphatic carbocycles. The van der Waals surface area contributed by atoms with E-state index in [1.807, 2.05) is 26.8 Å². The Bertz CT molecular complexity index is 1540. The van der Waals surface area contributed by atoms with E-state index in [1.54, 1.807) is 47.6 Å². The molecule has 1 aromatic carbocycles. The van der Waals surface area contributed by atoms with Gasteiger partial charge in [0.1, 0.15) is 17.1 Å². The summed E-state index contributed by atoms with van der Waals surface area (Å²) in [7, 11) is 1.28. The van der Waals surface area contributed by atoms with Crippen LogP contribution in [0.3, 0.4) is 0 Å². The predicted octanol–water partition coefficient (Wildman–Crippen LogP) is 3.73. The number of anilines is 3. The van der Waals surface area contributed by atoms with Gasteiger partial charge in [-0.1, -0.05) is 12.1 Å². The maximum Gasteiger partial charge on any atom is 0.410 e. The number of amides is 3. The normalized spacial score (nSPS) is 14.9. The average molecular weight is 573 g/mol. The van der Waals surface area contributed by atoms with E-state index in [0.29, 0.717) is 43.2 Å². The number of nitrogens with one attached hydrogen (secondary N) is 1. The smallest absolute Gasteiger partial charge is 0.410 e. The van der Waals surface area contributed by atoms with Crippen molar-refractivity contribution in [3.05, 3.63) is 77.2 Å². The first kappa shape index (κ1) is 28.5. The second kappa shape index (κ2) is 11.5. The molecule has 2 aromatic heterocycles. The molecule has 4 heterocycles. The molecule has 2 aliphatic heterocycles. The summed E-state index contributed by atoms with van der Waals surface area (Å²) in [5.74, 6) is -0.995. The lowest BCUT2D eigenvalue weighted by molar-refractivity contribution is 0.0240. The summed E-state index contributed by atoms with van der Waals surface area (Å²) in [6, 6.07) is 11.5. The van der Waals surface area contributed by atoms with Crippen LogP contribution in [0.5, 0.6) is 0 Å². The highest BCUT2D eigenvalue weighted by molar-refractivity contribution is 6.11. The molecule has 3 aromatic rings. The molecular formula is C30H32N6O6. The Morgan fingerprint density at radius 3 is 2.48 bits per heavy atom. The number of carbonyl (C=O) groups excluding carboxylic acids is 4. The molecule has 0 unspecified atom stereocenters. The van der Waals surface area contributed by atoms with Gasteiger partial charge in [0.05, 0.1) is 36.8 Å². The van der Waals surface area contributed by atoms with Gasteiger partial charge in [-0.15, -0.1) is 0 Å². The number of hydrogen-bond acceptors (Lipinski definition) is 9. The topological polar surface area (TPSA) is 134 Å². The highest BCUT2D eigenvalue weighted by Gasteiger charge is 2.31. The Labute approximate surface area is 243 Å². The molecule has 5 rings (SSSR count). The largest absolute Gasteiger partial charge is 0.465 e. The van der Waals surface area contributed by atoms with Gasteiger partial charge in [-0.3, -0.25) is 19.5 Å². The number of fused-ring (bicyclic) bond motifs is 1. The fourth-order valence-corrected chi connectivity index (χ4v) is 4.83. The van der Waals surface area contributed by atoms with Crippen LogP contribution in [-0.4, -0.2) is 77.6 Å². The SMILES string of the molecule is COC(=O)c1ccc2c(c1)C(=O)N(c1cccc(C(=O)Nc3cnccc3N3CCN(C(=O)OC(C)(C)C)CC3)n1)C2. The van der Waals surface area contributed by atoms with Crippen molar-refractivity contribution in [1.29, 1.82) is 0 Å². The minimum Gasteiger partial charge on any atom is -0.465 e. The summed E-state index contributed by atoms with van der Waals surface area (Å²) < 4.78 is 10.2. The van der Waals surface area contributed by atoms with E-state index < -0.39 is 17.5 Å². The van der Waals surface area contributed by atoms with Crippen molar-refractivity contribution in [3.63, 3.8) is 0 Å². The van der Waals surface area contributed by atoms with E-state index in [4.69, 9.17) is 9.47 Å². The molecule has 2 aliphatic rings. The molecule has 12 nitrogen and oxygen atoms in total. The van der Waals surface area contributed by atoms with Crippen LogP contribution in [0, 0.1) is 0 Å². The van der Waals surface area contributed by atoms with E-state index in [1.165, 1.54) is 18.1 Å². The molecule has 42 heavy (non-hydrogen) atoms. The van der Waals surface area contributed by atoms with Gasteiger partial charge in [-0.05, 0) is 56.7 Å². The Balaban J connectivity index is 1.27. The third-order valence-corrected chi connectivity index (χ3v) is 6.90. The van der Waals surface area contributed by atoms with Crippen molar-refractivity contribution in [1.82, 2.24) is 14.9 Å². The summed E-state index contributed by atoms with van der Waals surface area (Å²) in [4.78, 5) is 64.7.